The first-order chi connectivity index (χ1) is 8.18. The average molecular weight is 235 g/mol. The quantitative estimate of drug-likeness (QED) is 0.873. The summed E-state index contributed by atoms with van der Waals surface area (Å²) in [6.45, 7) is 0. The highest BCUT2D eigenvalue weighted by molar-refractivity contribution is 5.63. The summed E-state index contributed by atoms with van der Waals surface area (Å²) in [4.78, 5) is 1.97. The van der Waals surface area contributed by atoms with E-state index in [0.717, 1.165) is 18.5 Å². The molecule has 0 aromatic heterocycles. The standard InChI is InChI=1S/C14H21NO2/c1-15(2)12-9-6-10-13(16)14(12)17-11-7-4-3-5-8-11/h6,9-11,16H,3-5,7-8H2,1-2H3. The number of phenols is 1. The topological polar surface area (TPSA) is 32.7 Å². The second-order valence-corrected chi connectivity index (χ2v) is 4.90. The summed E-state index contributed by atoms with van der Waals surface area (Å²) < 4.78 is 5.99. The van der Waals surface area contributed by atoms with Crippen LogP contribution in [0.25, 0.3) is 0 Å². The number of aromatic hydroxyl groups is 1. The van der Waals surface area contributed by atoms with Crippen molar-refractivity contribution in [2.24, 2.45) is 0 Å². The van der Waals surface area contributed by atoms with Gasteiger partial charge in [0.2, 0.25) is 0 Å². The summed E-state index contributed by atoms with van der Waals surface area (Å²) in [6.07, 6.45) is 6.23. The minimum atomic E-state index is 0.238. The molecule has 1 N–H and O–H groups in total. The maximum atomic E-state index is 9.92. The maximum Gasteiger partial charge on any atom is 0.184 e. The fourth-order valence-corrected chi connectivity index (χ4v) is 2.34. The van der Waals surface area contributed by atoms with Crippen LogP contribution in [0.1, 0.15) is 32.1 Å². The number of hydrogen-bond donors (Lipinski definition) is 1. The van der Waals surface area contributed by atoms with Crippen LogP contribution in [0.3, 0.4) is 0 Å². The molecule has 0 heterocycles. The lowest BCUT2D eigenvalue weighted by atomic mass is 9.98. The third-order valence-corrected chi connectivity index (χ3v) is 3.29. The highest BCUT2D eigenvalue weighted by Crippen LogP contribution is 2.38. The van der Waals surface area contributed by atoms with Crippen LogP contribution in [-0.2, 0) is 0 Å². The van der Waals surface area contributed by atoms with Crippen LogP contribution < -0.4 is 9.64 Å². The van der Waals surface area contributed by atoms with Crippen molar-refractivity contribution in [3.05, 3.63) is 18.2 Å². The minimum absolute atomic E-state index is 0.238. The lowest BCUT2D eigenvalue weighted by Gasteiger charge is -2.26. The molecule has 1 aliphatic carbocycles. The number of benzene rings is 1. The van der Waals surface area contributed by atoms with Crippen LogP contribution in [0, 0.1) is 0 Å². The van der Waals surface area contributed by atoms with Crippen LogP contribution in [0.15, 0.2) is 18.2 Å². The first kappa shape index (κ1) is 12.1. The zero-order valence-electron chi connectivity index (χ0n) is 10.6. The number of phenolic OH excluding ortho intramolecular Hbond substituents is 1. The highest BCUT2D eigenvalue weighted by Gasteiger charge is 2.19. The van der Waals surface area contributed by atoms with Gasteiger partial charge in [0.1, 0.15) is 0 Å². The molecule has 3 nitrogen and oxygen atoms in total. The second kappa shape index (κ2) is 5.30. The molecule has 0 atom stereocenters. The zero-order valence-corrected chi connectivity index (χ0v) is 10.6. The first-order valence-electron chi connectivity index (χ1n) is 6.34. The van der Waals surface area contributed by atoms with Crippen molar-refractivity contribution in [3.63, 3.8) is 0 Å². The Labute approximate surface area is 103 Å². The van der Waals surface area contributed by atoms with E-state index in [0.29, 0.717) is 5.75 Å². The molecule has 0 spiro atoms. The molecule has 1 aromatic carbocycles. The third kappa shape index (κ3) is 2.84. The molecule has 0 radical (unpaired) electrons. The van der Waals surface area contributed by atoms with Gasteiger partial charge in [0.25, 0.3) is 0 Å². The van der Waals surface area contributed by atoms with Gasteiger partial charge in [-0.3, -0.25) is 0 Å². The Morgan fingerprint density at radius 1 is 1.18 bits per heavy atom. The lowest BCUT2D eigenvalue weighted by Crippen LogP contribution is -2.21. The minimum Gasteiger partial charge on any atom is -0.504 e. The Balaban J connectivity index is 2.18. The number of hydrogen-bond acceptors (Lipinski definition) is 3. The summed E-state index contributed by atoms with van der Waals surface area (Å²) in [6, 6.07) is 5.50. The predicted molar refractivity (Wildman–Crippen MR) is 69.9 cm³/mol. The summed E-state index contributed by atoms with van der Waals surface area (Å²) in [7, 11) is 3.92. The van der Waals surface area contributed by atoms with Gasteiger partial charge >= 0.3 is 0 Å². The molecule has 0 saturated heterocycles. The lowest BCUT2D eigenvalue weighted by molar-refractivity contribution is 0.150. The molecule has 0 unspecified atom stereocenters. The van der Waals surface area contributed by atoms with Crippen molar-refractivity contribution in [3.8, 4) is 11.5 Å². The van der Waals surface area contributed by atoms with E-state index < -0.39 is 0 Å². The summed E-state index contributed by atoms with van der Waals surface area (Å²) in [5.74, 6) is 0.867. The monoisotopic (exact) mass is 235 g/mol. The summed E-state index contributed by atoms with van der Waals surface area (Å²) >= 11 is 0. The Morgan fingerprint density at radius 2 is 1.88 bits per heavy atom. The molecule has 2 rings (SSSR count). The van der Waals surface area contributed by atoms with Gasteiger partial charge < -0.3 is 14.7 Å². The number of anilines is 1. The van der Waals surface area contributed by atoms with Crippen LogP contribution in [0.2, 0.25) is 0 Å². The van der Waals surface area contributed by atoms with E-state index in [9.17, 15) is 5.11 Å². The van der Waals surface area contributed by atoms with E-state index in [4.69, 9.17) is 4.74 Å². The van der Waals surface area contributed by atoms with Gasteiger partial charge in [0, 0.05) is 14.1 Å². The molecule has 17 heavy (non-hydrogen) atoms. The molecule has 0 amide bonds. The molecule has 0 bridgehead atoms. The van der Waals surface area contributed by atoms with E-state index in [1.807, 2.05) is 31.1 Å². The van der Waals surface area contributed by atoms with Gasteiger partial charge in [-0.1, -0.05) is 12.5 Å². The van der Waals surface area contributed by atoms with Crippen molar-refractivity contribution in [1.29, 1.82) is 0 Å². The summed E-state index contributed by atoms with van der Waals surface area (Å²) in [5, 5.41) is 9.92. The molecule has 1 fully saturated rings. The van der Waals surface area contributed by atoms with Crippen molar-refractivity contribution < 1.29 is 9.84 Å². The number of nitrogens with zero attached hydrogens (tertiary/aromatic N) is 1. The molecular weight excluding hydrogens is 214 g/mol. The fourth-order valence-electron chi connectivity index (χ4n) is 2.34. The largest absolute Gasteiger partial charge is 0.504 e. The van der Waals surface area contributed by atoms with E-state index in [1.54, 1.807) is 6.07 Å². The molecule has 94 valence electrons. The van der Waals surface area contributed by atoms with Gasteiger partial charge in [-0.05, 0) is 37.8 Å². The Kier molecular flexibility index (Phi) is 3.77. The van der Waals surface area contributed by atoms with Crippen molar-refractivity contribution in [2.45, 2.75) is 38.2 Å². The summed E-state index contributed by atoms with van der Waals surface area (Å²) in [5.41, 5.74) is 0.940. The SMILES string of the molecule is CN(C)c1cccc(O)c1OC1CCCCC1. The number of para-hydroxylation sites is 1. The van der Waals surface area contributed by atoms with Crippen molar-refractivity contribution >= 4 is 5.69 Å². The molecule has 1 saturated carbocycles. The molecule has 0 aliphatic heterocycles. The van der Waals surface area contributed by atoms with Crippen molar-refractivity contribution in [2.75, 3.05) is 19.0 Å². The number of rotatable bonds is 3. The van der Waals surface area contributed by atoms with Crippen LogP contribution >= 0.6 is 0 Å². The zero-order chi connectivity index (χ0) is 12.3. The van der Waals surface area contributed by atoms with Gasteiger partial charge in [0.15, 0.2) is 11.5 Å². The van der Waals surface area contributed by atoms with Gasteiger partial charge in [-0.25, -0.2) is 0 Å². The van der Waals surface area contributed by atoms with Crippen LogP contribution in [0.5, 0.6) is 11.5 Å². The van der Waals surface area contributed by atoms with Crippen LogP contribution in [0.4, 0.5) is 5.69 Å². The van der Waals surface area contributed by atoms with Gasteiger partial charge in [-0.15, -0.1) is 0 Å². The fraction of sp³-hybridized carbons (Fsp3) is 0.571. The molecular formula is C14H21NO2. The van der Waals surface area contributed by atoms with Gasteiger partial charge in [-0.2, -0.15) is 0 Å². The Bertz CT molecular complexity index is 370. The van der Waals surface area contributed by atoms with E-state index >= 15 is 0 Å². The predicted octanol–water partition coefficient (Wildman–Crippen LogP) is 3.17. The third-order valence-electron chi connectivity index (χ3n) is 3.29. The average Bonchev–Trinajstić information content (AvgIpc) is 2.33. The highest BCUT2D eigenvalue weighted by atomic mass is 16.5. The normalized spacial score (nSPS) is 16.8. The smallest absolute Gasteiger partial charge is 0.184 e. The molecule has 1 aromatic rings. The van der Waals surface area contributed by atoms with Crippen molar-refractivity contribution in [1.82, 2.24) is 0 Å². The second-order valence-electron chi connectivity index (χ2n) is 4.90. The van der Waals surface area contributed by atoms with E-state index in [2.05, 4.69) is 0 Å². The van der Waals surface area contributed by atoms with Crippen LogP contribution in [-0.4, -0.2) is 25.3 Å². The number of ether oxygens (including phenoxy) is 1. The maximum absolute atomic E-state index is 9.92. The first-order valence-corrected chi connectivity index (χ1v) is 6.34. The van der Waals surface area contributed by atoms with E-state index in [1.165, 1.54) is 19.3 Å². The molecule has 1 aliphatic rings. The molecule has 3 heteroatoms. The Hall–Kier alpha value is -1.38. The van der Waals surface area contributed by atoms with E-state index in [-0.39, 0.29) is 11.9 Å². The Morgan fingerprint density at radius 3 is 2.53 bits per heavy atom. The van der Waals surface area contributed by atoms with Gasteiger partial charge in [0.05, 0.1) is 11.8 Å².